The van der Waals surface area contributed by atoms with Crippen LogP contribution in [0.5, 0.6) is 5.88 Å². The molecule has 4 rings (SSSR count). The molecular weight excluding hydrogens is 342 g/mol. The van der Waals surface area contributed by atoms with Crippen molar-refractivity contribution in [3.63, 3.8) is 0 Å². The van der Waals surface area contributed by atoms with Crippen molar-refractivity contribution in [1.29, 1.82) is 0 Å². The van der Waals surface area contributed by atoms with Gasteiger partial charge in [0, 0.05) is 33.4 Å². The monoisotopic (exact) mass is 355 g/mol. The fraction of sp³-hybridized carbons (Fsp3) is 0.176. The molecule has 3 aromatic rings. The molecule has 0 radical (unpaired) electrons. The number of aromatic amines is 1. The van der Waals surface area contributed by atoms with Gasteiger partial charge >= 0.3 is 5.97 Å². The van der Waals surface area contributed by atoms with Crippen molar-refractivity contribution in [2.45, 2.75) is 19.3 Å². The summed E-state index contributed by atoms with van der Waals surface area (Å²) in [5.74, 6) is -0.266. The minimum Gasteiger partial charge on any atom is -0.405 e. The molecule has 0 aliphatic carbocycles. The maximum atomic E-state index is 11.9. The molecule has 0 amide bonds. The lowest BCUT2D eigenvalue weighted by Gasteiger charge is -2.21. The van der Waals surface area contributed by atoms with E-state index in [0.717, 1.165) is 15.3 Å². The number of nitro groups is 1. The van der Waals surface area contributed by atoms with Crippen molar-refractivity contribution in [1.82, 2.24) is 10.2 Å². The molecule has 0 unspecified atom stereocenters. The molecular formula is C17H13N3O4S. The van der Waals surface area contributed by atoms with Crippen LogP contribution in [0.2, 0.25) is 0 Å². The molecule has 7 nitrogen and oxygen atoms in total. The van der Waals surface area contributed by atoms with E-state index in [4.69, 9.17) is 4.74 Å². The third-order valence-electron chi connectivity index (χ3n) is 4.15. The van der Waals surface area contributed by atoms with Gasteiger partial charge in [0.1, 0.15) is 0 Å². The highest BCUT2D eigenvalue weighted by Gasteiger charge is 2.34. The number of esters is 1. The average Bonchev–Trinajstić information content (AvgIpc) is 3.20. The Hall–Kier alpha value is -3.00. The SMILES string of the molecule is Cc1ccc([C@H]2CC(=O)Oc3n[nH]c(-c4cccc([N+](=O)[O-])c4)c32)s1. The number of aryl methyl sites for hydroxylation is 1. The van der Waals surface area contributed by atoms with Crippen LogP contribution in [0.15, 0.2) is 36.4 Å². The smallest absolute Gasteiger partial charge is 0.313 e. The number of nitrogens with zero attached hydrogens (tertiary/aromatic N) is 2. The summed E-state index contributed by atoms with van der Waals surface area (Å²) in [5.41, 5.74) is 2.04. The van der Waals surface area contributed by atoms with Gasteiger partial charge in [-0.25, -0.2) is 0 Å². The Bertz CT molecular complexity index is 991. The van der Waals surface area contributed by atoms with Crippen LogP contribution >= 0.6 is 11.3 Å². The quantitative estimate of drug-likeness (QED) is 0.438. The number of H-pyrrole nitrogens is 1. The molecule has 3 heterocycles. The molecule has 1 N–H and O–H groups in total. The molecule has 1 aliphatic rings. The minimum absolute atomic E-state index is 0.00262. The van der Waals surface area contributed by atoms with Crippen LogP contribution in [0, 0.1) is 17.0 Å². The fourth-order valence-corrected chi connectivity index (χ4v) is 4.02. The van der Waals surface area contributed by atoms with Gasteiger partial charge in [0.2, 0.25) is 5.88 Å². The Morgan fingerprint density at radius 3 is 2.92 bits per heavy atom. The molecule has 1 atom stereocenters. The van der Waals surface area contributed by atoms with Crippen LogP contribution in [-0.4, -0.2) is 21.1 Å². The zero-order chi connectivity index (χ0) is 17.6. The first-order valence-corrected chi connectivity index (χ1v) is 8.44. The summed E-state index contributed by atoms with van der Waals surface area (Å²) in [4.78, 5) is 24.8. The predicted molar refractivity (Wildman–Crippen MR) is 91.8 cm³/mol. The van der Waals surface area contributed by atoms with Gasteiger partial charge < -0.3 is 4.74 Å². The zero-order valence-electron chi connectivity index (χ0n) is 13.2. The van der Waals surface area contributed by atoms with E-state index in [2.05, 4.69) is 10.2 Å². The summed E-state index contributed by atoms with van der Waals surface area (Å²) in [6.07, 6.45) is 0.217. The van der Waals surface area contributed by atoms with Crippen molar-refractivity contribution in [3.8, 4) is 17.1 Å². The molecule has 25 heavy (non-hydrogen) atoms. The lowest BCUT2D eigenvalue weighted by molar-refractivity contribution is -0.384. The number of hydrogen-bond donors (Lipinski definition) is 1. The third kappa shape index (κ3) is 2.70. The van der Waals surface area contributed by atoms with Gasteiger partial charge in [-0.3, -0.25) is 20.0 Å². The number of aromatic nitrogens is 2. The van der Waals surface area contributed by atoms with Crippen LogP contribution < -0.4 is 4.74 Å². The Balaban J connectivity index is 1.86. The largest absolute Gasteiger partial charge is 0.405 e. The van der Waals surface area contributed by atoms with Crippen molar-refractivity contribution >= 4 is 23.0 Å². The highest BCUT2D eigenvalue weighted by atomic mass is 32.1. The van der Waals surface area contributed by atoms with E-state index < -0.39 is 4.92 Å². The number of carbonyl (C=O) groups excluding carboxylic acids is 1. The van der Waals surface area contributed by atoms with Crippen LogP contribution in [0.1, 0.15) is 27.7 Å². The molecule has 8 heteroatoms. The number of ether oxygens (including phenoxy) is 1. The number of nitrogens with one attached hydrogen (secondary N) is 1. The van der Waals surface area contributed by atoms with Gasteiger partial charge in [-0.05, 0) is 19.1 Å². The number of rotatable bonds is 3. The molecule has 0 fully saturated rings. The number of nitro benzene ring substituents is 1. The van der Waals surface area contributed by atoms with Crippen molar-refractivity contribution in [2.24, 2.45) is 0 Å². The minimum atomic E-state index is -0.438. The van der Waals surface area contributed by atoms with Crippen LogP contribution in [0.4, 0.5) is 5.69 Å². The van der Waals surface area contributed by atoms with Gasteiger partial charge in [-0.1, -0.05) is 12.1 Å². The maximum Gasteiger partial charge on any atom is 0.313 e. The maximum absolute atomic E-state index is 11.9. The van der Waals surface area contributed by atoms with E-state index in [1.165, 1.54) is 12.1 Å². The van der Waals surface area contributed by atoms with Crippen LogP contribution in [0.25, 0.3) is 11.3 Å². The van der Waals surface area contributed by atoms with Gasteiger partial charge in [-0.2, -0.15) is 0 Å². The molecule has 0 spiro atoms. The van der Waals surface area contributed by atoms with E-state index in [9.17, 15) is 14.9 Å². The number of thiophene rings is 1. The van der Waals surface area contributed by atoms with E-state index in [-0.39, 0.29) is 29.9 Å². The molecule has 1 aliphatic heterocycles. The molecule has 0 bridgehead atoms. The van der Waals surface area contributed by atoms with Crippen LogP contribution in [0.3, 0.4) is 0 Å². The van der Waals surface area contributed by atoms with Gasteiger partial charge in [-0.15, -0.1) is 16.4 Å². The normalized spacial score (nSPS) is 16.4. The number of hydrogen-bond acceptors (Lipinski definition) is 6. The second kappa shape index (κ2) is 5.82. The molecule has 1 aromatic carbocycles. The standard InChI is InChI=1S/C17H13N3O4S/c1-9-5-6-13(25-9)12-8-14(21)24-17-15(12)16(18-19-17)10-3-2-4-11(7-10)20(22)23/h2-7,12H,8H2,1H3,(H,18,19)/t12-/m1/s1. The average molecular weight is 355 g/mol. The third-order valence-corrected chi connectivity index (χ3v) is 5.26. The summed E-state index contributed by atoms with van der Waals surface area (Å²) in [5, 5.41) is 18.0. The molecule has 2 aromatic heterocycles. The second-order valence-electron chi connectivity index (χ2n) is 5.80. The Morgan fingerprint density at radius 1 is 1.36 bits per heavy atom. The number of benzene rings is 1. The molecule has 0 saturated carbocycles. The van der Waals surface area contributed by atoms with Gasteiger partial charge in [0.05, 0.1) is 22.6 Å². The van der Waals surface area contributed by atoms with E-state index in [1.54, 1.807) is 23.5 Å². The summed E-state index contributed by atoms with van der Waals surface area (Å²) in [6, 6.07) is 10.3. The fourth-order valence-electron chi connectivity index (χ4n) is 3.03. The van der Waals surface area contributed by atoms with E-state index in [0.29, 0.717) is 11.3 Å². The first-order chi connectivity index (χ1) is 12.0. The number of fused-ring (bicyclic) bond motifs is 1. The molecule has 0 saturated heterocycles. The summed E-state index contributed by atoms with van der Waals surface area (Å²) < 4.78 is 5.26. The summed E-state index contributed by atoms with van der Waals surface area (Å²) >= 11 is 1.62. The van der Waals surface area contributed by atoms with Gasteiger partial charge in [0.25, 0.3) is 5.69 Å². The van der Waals surface area contributed by atoms with Gasteiger partial charge in [0.15, 0.2) is 0 Å². The Labute approximate surface area is 146 Å². The van der Waals surface area contributed by atoms with E-state index in [1.807, 2.05) is 19.1 Å². The zero-order valence-corrected chi connectivity index (χ0v) is 14.0. The first kappa shape index (κ1) is 15.5. The Morgan fingerprint density at radius 2 is 2.20 bits per heavy atom. The number of carbonyl (C=O) groups is 1. The van der Waals surface area contributed by atoms with Crippen molar-refractivity contribution in [3.05, 3.63) is 61.8 Å². The van der Waals surface area contributed by atoms with Crippen molar-refractivity contribution in [2.75, 3.05) is 0 Å². The lowest BCUT2D eigenvalue weighted by Crippen LogP contribution is -2.20. The van der Waals surface area contributed by atoms with Crippen LogP contribution in [-0.2, 0) is 4.79 Å². The second-order valence-corrected chi connectivity index (χ2v) is 7.12. The number of non-ortho nitro benzene ring substituents is 1. The topological polar surface area (TPSA) is 98.1 Å². The molecule has 126 valence electrons. The summed E-state index contributed by atoms with van der Waals surface area (Å²) in [6.45, 7) is 2.01. The summed E-state index contributed by atoms with van der Waals surface area (Å²) in [7, 11) is 0. The van der Waals surface area contributed by atoms with Crippen molar-refractivity contribution < 1.29 is 14.5 Å². The predicted octanol–water partition coefficient (Wildman–Crippen LogP) is 3.80. The Kier molecular flexibility index (Phi) is 3.61. The highest BCUT2D eigenvalue weighted by molar-refractivity contribution is 7.12. The highest BCUT2D eigenvalue weighted by Crippen LogP contribution is 2.45. The lowest BCUT2D eigenvalue weighted by atomic mass is 9.90. The first-order valence-electron chi connectivity index (χ1n) is 7.63. The van der Waals surface area contributed by atoms with E-state index >= 15 is 0 Å².